The zero-order valence-electron chi connectivity index (χ0n) is 7.06. The van der Waals surface area contributed by atoms with Crippen molar-refractivity contribution in [3.8, 4) is 11.4 Å². The maximum atomic E-state index is 5.70. The standard InChI is InChI=1S/C8H8N4S/c1-5-12-7(3-13-5)8-6(9)2-10-4-11-8/h2-4H,9H2,1H3. The molecule has 0 unspecified atom stereocenters. The van der Waals surface area contributed by atoms with Gasteiger partial charge in [0.2, 0.25) is 0 Å². The van der Waals surface area contributed by atoms with E-state index in [1.807, 2.05) is 12.3 Å². The molecule has 0 spiro atoms. The van der Waals surface area contributed by atoms with Crippen LogP contribution < -0.4 is 5.73 Å². The van der Waals surface area contributed by atoms with Crippen LogP contribution in [0.25, 0.3) is 11.4 Å². The van der Waals surface area contributed by atoms with E-state index in [1.54, 1.807) is 17.5 Å². The average molecular weight is 192 g/mol. The summed E-state index contributed by atoms with van der Waals surface area (Å²) >= 11 is 1.58. The first-order valence-corrected chi connectivity index (χ1v) is 4.63. The van der Waals surface area contributed by atoms with E-state index in [2.05, 4.69) is 15.0 Å². The summed E-state index contributed by atoms with van der Waals surface area (Å²) in [5.41, 5.74) is 7.79. The lowest BCUT2D eigenvalue weighted by molar-refractivity contribution is 1.16. The molecule has 0 aliphatic heterocycles. The van der Waals surface area contributed by atoms with Crippen LogP contribution in [0, 0.1) is 6.92 Å². The molecule has 2 N–H and O–H groups in total. The van der Waals surface area contributed by atoms with Crippen LogP contribution >= 0.6 is 11.3 Å². The van der Waals surface area contributed by atoms with E-state index >= 15 is 0 Å². The van der Waals surface area contributed by atoms with E-state index < -0.39 is 0 Å². The van der Waals surface area contributed by atoms with E-state index in [1.165, 1.54) is 6.33 Å². The third-order valence-corrected chi connectivity index (χ3v) is 2.38. The van der Waals surface area contributed by atoms with Crippen LogP contribution in [0.2, 0.25) is 0 Å². The molecule has 2 aromatic heterocycles. The van der Waals surface area contributed by atoms with Gasteiger partial charge in [-0.2, -0.15) is 0 Å². The van der Waals surface area contributed by atoms with Crippen LogP contribution in [-0.2, 0) is 0 Å². The Morgan fingerprint density at radius 3 is 2.92 bits per heavy atom. The lowest BCUT2D eigenvalue weighted by Crippen LogP contribution is -1.94. The van der Waals surface area contributed by atoms with Gasteiger partial charge >= 0.3 is 0 Å². The van der Waals surface area contributed by atoms with Gasteiger partial charge in [0, 0.05) is 5.38 Å². The summed E-state index contributed by atoms with van der Waals surface area (Å²) in [7, 11) is 0. The summed E-state index contributed by atoms with van der Waals surface area (Å²) in [6.45, 7) is 1.95. The minimum absolute atomic E-state index is 0.563. The van der Waals surface area contributed by atoms with E-state index in [9.17, 15) is 0 Å². The lowest BCUT2D eigenvalue weighted by Gasteiger charge is -1.97. The molecule has 0 fully saturated rings. The summed E-state index contributed by atoms with van der Waals surface area (Å²) in [5, 5.41) is 2.95. The van der Waals surface area contributed by atoms with E-state index in [-0.39, 0.29) is 0 Å². The molecule has 13 heavy (non-hydrogen) atoms. The maximum Gasteiger partial charge on any atom is 0.116 e. The largest absolute Gasteiger partial charge is 0.396 e. The predicted octanol–water partition coefficient (Wildman–Crippen LogP) is 1.49. The third-order valence-electron chi connectivity index (χ3n) is 1.60. The second kappa shape index (κ2) is 3.10. The quantitative estimate of drug-likeness (QED) is 0.743. The van der Waals surface area contributed by atoms with Crippen molar-refractivity contribution in [2.75, 3.05) is 5.73 Å². The lowest BCUT2D eigenvalue weighted by atomic mass is 10.3. The Labute approximate surface area is 79.5 Å². The second-order valence-electron chi connectivity index (χ2n) is 2.58. The molecule has 0 saturated heterocycles. The molecule has 0 aliphatic rings. The highest BCUT2D eigenvalue weighted by atomic mass is 32.1. The summed E-state index contributed by atoms with van der Waals surface area (Å²) < 4.78 is 0. The number of nitrogen functional groups attached to an aromatic ring is 1. The normalized spacial score (nSPS) is 10.2. The Bertz CT molecular complexity index is 424. The second-order valence-corrected chi connectivity index (χ2v) is 3.64. The molecule has 5 heteroatoms. The number of aromatic nitrogens is 3. The highest BCUT2D eigenvalue weighted by Gasteiger charge is 2.06. The number of aryl methyl sites for hydroxylation is 1. The summed E-state index contributed by atoms with van der Waals surface area (Å²) in [5.74, 6) is 0. The Kier molecular flexibility index (Phi) is 1.94. The molecular weight excluding hydrogens is 184 g/mol. The SMILES string of the molecule is Cc1nc(-c2ncncc2N)cs1. The van der Waals surface area contributed by atoms with Gasteiger partial charge < -0.3 is 5.73 Å². The number of anilines is 1. The molecule has 4 nitrogen and oxygen atoms in total. The molecule has 0 bridgehead atoms. The zero-order chi connectivity index (χ0) is 9.26. The van der Waals surface area contributed by atoms with Crippen molar-refractivity contribution in [1.29, 1.82) is 0 Å². The van der Waals surface area contributed by atoms with Gasteiger partial charge in [0.05, 0.1) is 16.9 Å². The van der Waals surface area contributed by atoms with Crippen molar-refractivity contribution >= 4 is 17.0 Å². The predicted molar refractivity (Wildman–Crippen MR) is 52.3 cm³/mol. The minimum atomic E-state index is 0.563. The Balaban J connectivity index is 2.52. The van der Waals surface area contributed by atoms with E-state index in [0.29, 0.717) is 11.4 Å². The molecule has 0 radical (unpaired) electrons. The molecule has 0 amide bonds. The van der Waals surface area contributed by atoms with Gasteiger partial charge in [-0.15, -0.1) is 11.3 Å². The van der Waals surface area contributed by atoms with Gasteiger partial charge in [0.25, 0.3) is 0 Å². The molecule has 66 valence electrons. The van der Waals surface area contributed by atoms with Gasteiger partial charge in [0.1, 0.15) is 17.7 Å². The molecule has 0 saturated carbocycles. The first-order valence-electron chi connectivity index (χ1n) is 3.75. The fourth-order valence-corrected chi connectivity index (χ4v) is 1.62. The van der Waals surface area contributed by atoms with Crippen molar-refractivity contribution in [1.82, 2.24) is 15.0 Å². The molecule has 2 heterocycles. The Hall–Kier alpha value is -1.49. The third kappa shape index (κ3) is 1.50. The molecule has 0 aromatic carbocycles. The van der Waals surface area contributed by atoms with E-state index in [4.69, 9.17) is 5.73 Å². The number of hydrogen-bond donors (Lipinski definition) is 1. The van der Waals surface area contributed by atoms with Gasteiger partial charge in [0.15, 0.2) is 0 Å². The summed E-state index contributed by atoms with van der Waals surface area (Å²) in [4.78, 5) is 12.2. The topological polar surface area (TPSA) is 64.7 Å². The average Bonchev–Trinajstić information content (AvgIpc) is 2.53. The smallest absolute Gasteiger partial charge is 0.116 e. The van der Waals surface area contributed by atoms with Crippen LogP contribution in [0.15, 0.2) is 17.9 Å². The van der Waals surface area contributed by atoms with Crippen molar-refractivity contribution in [3.63, 3.8) is 0 Å². The molecule has 0 aliphatic carbocycles. The van der Waals surface area contributed by atoms with Crippen LogP contribution in [0.3, 0.4) is 0 Å². The zero-order valence-corrected chi connectivity index (χ0v) is 7.88. The molecule has 0 atom stereocenters. The highest BCUT2D eigenvalue weighted by molar-refractivity contribution is 7.09. The summed E-state index contributed by atoms with van der Waals surface area (Å²) in [6.07, 6.45) is 3.05. The monoisotopic (exact) mass is 192 g/mol. The maximum absolute atomic E-state index is 5.70. The number of nitrogens with two attached hydrogens (primary N) is 1. The first kappa shape index (κ1) is 8.12. The number of thiazole rings is 1. The van der Waals surface area contributed by atoms with Gasteiger partial charge in [-0.25, -0.2) is 15.0 Å². The minimum Gasteiger partial charge on any atom is -0.396 e. The molecular formula is C8H8N4S. The van der Waals surface area contributed by atoms with Crippen LogP contribution in [0.4, 0.5) is 5.69 Å². The number of hydrogen-bond acceptors (Lipinski definition) is 5. The number of nitrogens with zero attached hydrogens (tertiary/aromatic N) is 3. The van der Waals surface area contributed by atoms with Crippen LogP contribution in [0.1, 0.15) is 5.01 Å². The van der Waals surface area contributed by atoms with Gasteiger partial charge in [-0.05, 0) is 6.92 Å². The van der Waals surface area contributed by atoms with Crippen molar-refractivity contribution in [2.45, 2.75) is 6.92 Å². The fraction of sp³-hybridized carbons (Fsp3) is 0.125. The Morgan fingerprint density at radius 2 is 2.31 bits per heavy atom. The summed E-state index contributed by atoms with van der Waals surface area (Å²) in [6, 6.07) is 0. The highest BCUT2D eigenvalue weighted by Crippen LogP contribution is 2.23. The van der Waals surface area contributed by atoms with E-state index in [0.717, 1.165) is 10.7 Å². The molecule has 2 rings (SSSR count). The van der Waals surface area contributed by atoms with Gasteiger partial charge in [-0.1, -0.05) is 0 Å². The number of rotatable bonds is 1. The first-order chi connectivity index (χ1) is 6.27. The molecule has 2 aromatic rings. The van der Waals surface area contributed by atoms with Crippen molar-refractivity contribution in [2.24, 2.45) is 0 Å². The van der Waals surface area contributed by atoms with Crippen molar-refractivity contribution < 1.29 is 0 Å². The van der Waals surface area contributed by atoms with Crippen molar-refractivity contribution in [3.05, 3.63) is 22.9 Å². The van der Waals surface area contributed by atoms with Crippen LogP contribution in [0.5, 0.6) is 0 Å². The fourth-order valence-electron chi connectivity index (χ4n) is 1.03. The van der Waals surface area contributed by atoms with Crippen LogP contribution in [-0.4, -0.2) is 15.0 Å². The van der Waals surface area contributed by atoms with Gasteiger partial charge in [-0.3, -0.25) is 0 Å². The Morgan fingerprint density at radius 1 is 1.46 bits per heavy atom.